The number of fused-ring (bicyclic) bond motifs is 1. The summed E-state index contributed by atoms with van der Waals surface area (Å²) in [5.74, 6) is -0.173. The number of amides is 1. The van der Waals surface area contributed by atoms with Crippen molar-refractivity contribution in [3.63, 3.8) is 0 Å². The van der Waals surface area contributed by atoms with E-state index in [1.54, 1.807) is 46.0 Å². The Kier molecular flexibility index (Phi) is 5.63. The molecule has 0 spiro atoms. The number of halogens is 1. The van der Waals surface area contributed by atoms with Gasteiger partial charge < -0.3 is 5.32 Å². The molecule has 0 fully saturated rings. The monoisotopic (exact) mass is 454 g/mol. The topological polar surface area (TPSA) is 77.6 Å². The average molecular weight is 455 g/mol. The summed E-state index contributed by atoms with van der Waals surface area (Å²) in [6, 6.07) is 18.5. The van der Waals surface area contributed by atoms with Gasteiger partial charge in [0.1, 0.15) is 12.4 Å². The fourth-order valence-electron chi connectivity index (χ4n) is 4.08. The van der Waals surface area contributed by atoms with E-state index in [0.717, 1.165) is 22.2 Å². The Morgan fingerprint density at radius 2 is 1.88 bits per heavy atom. The Labute approximate surface area is 195 Å². The minimum absolute atomic E-state index is 0.00517. The highest BCUT2D eigenvalue weighted by molar-refractivity contribution is 5.96. The van der Waals surface area contributed by atoms with Gasteiger partial charge in [0.25, 0.3) is 0 Å². The number of carbonyl (C=O) groups excluding carboxylic acids is 1. The van der Waals surface area contributed by atoms with Crippen molar-refractivity contribution in [2.75, 3.05) is 5.32 Å². The molecule has 7 nitrogen and oxygen atoms in total. The summed E-state index contributed by atoms with van der Waals surface area (Å²) in [6.45, 7) is 4.24. The number of nitrogens with one attached hydrogen (secondary N) is 1. The fourth-order valence-corrected chi connectivity index (χ4v) is 4.08. The second-order valence-electron chi connectivity index (χ2n) is 8.21. The number of benzene rings is 2. The summed E-state index contributed by atoms with van der Waals surface area (Å²) in [4.78, 5) is 17.2. The molecule has 0 aliphatic heterocycles. The first-order valence-electron chi connectivity index (χ1n) is 10.9. The molecule has 3 heterocycles. The Balaban J connectivity index is 1.34. The molecule has 0 saturated heterocycles. The molecule has 1 amide bonds. The van der Waals surface area contributed by atoms with E-state index >= 15 is 0 Å². The van der Waals surface area contributed by atoms with Gasteiger partial charge >= 0.3 is 0 Å². The van der Waals surface area contributed by atoms with Gasteiger partial charge in [0.05, 0.1) is 12.2 Å². The lowest BCUT2D eigenvalue weighted by Crippen LogP contribution is -2.20. The third kappa shape index (κ3) is 4.30. The van der Waals surface area contributed by atoms with Crippen molar-refractivity contribution in [3.05, 3.63) is 95.7 Å². The predicted octanol–water partition coefficient (Wildman–Crippen LogP) is 4.74. The third-order valence-electron chi connectivity index (χ3n) is 5.63. The van der Waals surface area contributed by atoms with Crippen LogP contribution < -0.4 is 5.32 Å². The lowest BCUT2D eigenvalue weighted by atomic mass is 10.0. The van der Waals surface area contributed by atoms with E-state index in [4.69, 9.17) is 0 Å². The summed E-state index contributed by atoms with van der Waals surface area (Å²) < 4.78 is 17.1. The molecule has 2 aromatic carbocycles. The molecular formula is C26H23FN6O. The smallest absolute Gasteiger partial charge is 0.247 e. The van der Waals surface area contributed by atoms with Crippen LogP contribution in [0.25, 0.3) is 22.2 Å². The summed E-state index contributed by atoms with van der Waals surface area (Å²) in [7, 11) is 0. The number of nitrogens with zero attached hydrogens (tertiary/aromatic N) is 5. The quantitative estimate of drug-likeness (QED) is 0.402. The van der Waals surface area contributed by atoms with E-state index in [1.165, 1.54) is 11.6 Å². The van der Waals surface area contributed by atoms with Crippen molar-refractivity contribution in [2.24, 2.45) is 0 Å². The van der Waals surface area contributed by atoms with Crippen molar-refractivity contribution >= 4 is 22.8 Å². The molecule has 0 unspecified atom stereocenters. The number of rotatable bonds is 6. The van der Waals surface area contributed by atoms with Crippen LogP contribution in [0.3, 0.4) is 0 Å². The normalized spacial score (nSPS) is 11.1. The van der Waals surface area contributed by atoms with Gasteiger partial charge in [-0.15, -0.1) is 0 Å². The predicted molar refractivity (Wildman–Crippen MR) is 129 cm³/mol. The summed E-state index contributed by atoms with van der Waals surface area (Å²) in [6.07, 6.45) is 3.44. The first-order valence-corrected chi connectivity index (χ1v) is 10.9. The zero-order valence-corrected chi connectivity index (χ0v) is 18.9. The molecule has 0 aliphatic carbocycles. The lowest BCUT2D eigenvalue weighted by Gasteiger charge is -2.06. The van der Waals surface area contributed by atoms with Crippen molar-refractivity contribution in [3.8, 4) is 11.1 Å². The molecule has 170 valence electrons. The number of aromatic nitrogens is 5. The summed E-state index contributed by atoms with van der Waals surface area (Å²) >= 11 is 0. The third-order valence-corrected chi connectivity index (χ3v) is 5.63. The van der Waals surface area contributed by atoms with Crippen molar-refractivity contribution < 1.29 is 9.18 Å². The van der Waals surface area contributed by atoms with E-state index in [1.807, 2.05) is 19.1 Å². The number of aryl methyl sites for hydroxylation is 2. The molecule has 0 aliphatic rings. The number of anilines is 1. The molecule has 0 bridgehead atoms. The zero-order chi connectivity index (χ0) is 23.7. The maximum absolute atomic E-state index is 13.9. The van der Waals surface area contributed by atoms with Crippen LogP contribution in [0.5, 0.6) is 0 Å². The first-order chi connectivity index (χ1) is 16.5. The second kappa shape index (κ2) is 8.90. The Bertz CT molecular complexity index is 1500. The molecular weight excluding hydrogens is 431 g/mol. The fraction of sp³-hybridized carbons (Fsp3) is 0.154. The molecule has 5 aromatic rings. The molecule has 0 radical (unpaired) electrons. The largest absolute Gasteiger partial charge is 0.308 e. The molecule has 0 saturated carbocycles. The molecule has 5 rings (SSSR count). The van der Waals surface area contributed by atoms with Crippen molar-refractivity contribution in [1.29, 1.82) is 0 Å². The van der Waals surface area contributed by atoms with Crippen LogP contribution in [0.1, 0.15) is 16.8 Å². The molecule has 3 aromatic heterocycles. The van der Waals surface area contributed by atoms with Crippen LogP contribution in [-0.4, -0.2) is 30.5 Å². The van der Waals surface area contributed by atoms with Crippen LogP contribution >= 0.6 is 0 Å². The van der Waals surface area contributed by atoms with E-state index in [-0.39, 0.29) is 24.8 Å². The number of carbonyl (C=O) groups is 1. The standard InChI is InChI=1S/C26H23FN6O/c1-17-6-5-8-19(14-17)21-10-12-28-26-25(21)18(2)30-33(26)16-24(34)29-23-11-13-32(31-23)15-20-7-3-4-9-22(20)27/h3-14H,15-16H2,1-2H3,(H,29,31,34). The summed E-state index contributed by atoms with van der Waals surface area (Å²) in [5, 5.41) is 12.6. The number of hydrogen-bond acceptors (Lipinski definition) is 4. The van der Waals surface area contributed by atoms with E-state index in [9.17, 15) is 9.18 Å². The minimum Gasteiger partial charge on any atom is -0.308 e. The van der Waals surface area contributed by atoms with Gasteiger partial charge in [-0.2, -0.15) is 10.2 Å². The Hall–Kier alpha value is -4.33. The number of hydrogen-bond donors (Lipinski definition) is 1. The lowest BCUT2D eigenvalue weighted by molar-refractivity contribution is -0.116. The minimum atomic E-state index is -0.290. The van der Waals surface area contributed by atoms with Gasteiger partial charge in [-0.25, -0.2) is 14.1 Å². The van der Waals surface area contributed by atoms with Crippen LogP contribution in [0.15, 0.2) is 73.1 Å². The molecule has 8 heteroatoms. The van der Waals surface area contributed by atoms with Gasteiger partial charge in [0.15, 0.2) is 11.5 Å². The number of pyridine rings is 1. The highest BCUT2D eigenvalue weighted by atomic mass is 19.1. The summed E-state index contributed by atoms with van der Waals surface area (Å²) in [5.41, 5.74) is 5.27. The van der Waals surface area contributed by atoms with Gasteiger partial charge in [-0.05, 0) is 37.1 Å². The van der Waals surface area contributed by atoms with Crippen LogP contribution in [-0.2, 0) is 17.9 Å². The first kappa shape index (κ1) is 21.5. The maximum atomic E-state index is 13.9. The molecule has 0 atom stereocenters. The second-order valence-corrected chi connectivity index (χ2v) is 8.21. The highest BCUT2D eigenvalue weighted by Crippen LogP contribution is 2.30. The highest BCUT2D eigenvalue weighted by Gasteiger charge is 2.16. The average Bonchev–Trinajstić information content (AvgIpc) is 3.39. The van der Waals surface area contributed by atoms with E-state index in [2.05, 4.69) is 45.6 Å². The maximum Gasteiger partial charge on any atom is 0.247 e. The van der Waals surface area contributed by atoms with Gasteiger partial charge in [0, 0.05) is 29.4 Å². The van der Waals surface area contributed by atoms with E-state index < -0.39 is 0 Å². The van der Waals surface area contributed by atoms with Gasteiger partial charge in [0.2, 0.25) is 5.91 Å². The Morgan fingerprint density at radius 3 is 2.71 bits per heavy atom. The van der Waals surface area contributed by atoms with E-state index in [0.29, 0.717) is 17.0 Å². The SMILES string of the molecule is Cc1cccc(-c2ccnc3c2c(C)nn3CC(=O)Nc2ccn(Cc3ccccc3F)n2)c1. The van der Waals surface area contributed by atoms with Crippen LogP contribution in [0.2, 0.25) is 0 Å². The van der Waals surface area contributed by atoms with Crippen LogP contribution in [0, 0.1) is 19.7 Å². The van der Waals surface area contributed by atoms with Gasteiger partial charge in [-0.1, -0.05) is 48.0 Å². The van der Waals surface area contributed by atoms with Crippen molar-refractivity contribution in [2.45, 2.75) is 26.9 Å². The van der Waals surface area contributed by atoms with Gasteiger partial charge in [-0.3, -0.25) is 9.48 Å². The van der Waals surface area contributed by atoms with Crippen LogP contribution in [0.4, 0.5) is 10.2 Å². The molecule has 1 N–H and O–H groups in total. The zero-order valence-electron chi connectivity index (χ0n) is 18.9. The van der Waals surface area contributed by atoms with Crippen molar-refractivity contribution in [1.82, 2.24) is 24.5 Å². The Morgan fingerprint density at radius 1 is 1.03 bits per heavy atom. The molecule has 34 heavy (non-hydrogen) atoms.